The fraction of sp³-hybridized carbons (Fsp3) is 0.588. The van der Waals surface area contributed by atoms with Gasteiger partial charge in [0.15, 0.2) is 0 Å². The Kier molecular flexibility index (Phi) is 5.87. The molecule has 7 heteroatoms. The lowest BCUT2D eigenvalue weighted by Gasteiger charge is -2.34. The molecule has 2 N–H and O–H groups in total. The summed E-state index contributed by atoms with van der Waals surface area (Å²) >= 11 is 11.9. The monoisotopic (exact) mass is 372 g/mol. The van der Waals surface area contributed by atoms with Gasteiger partial charge in [-0.2, -0.15) is 0 Å². The van der Waals surface area contributed by atoms with Crippen LogP contribution in [0.1, 0.15) is 25.7 Å². The minimum absolute atomic E-state index is 0.00648. The molecule has 0 saturated carbocycles. The van der Waals surface area contributed by atoms with Crippen LogP contribution in [-0.2, 0) is 9.53 Å². The van der Waals surface area contributed by atoms with E-state index in [2.05, 4.69) is 0 Å². The van der Waals surface area contributed by atoms with Crippen molar-refractivity contribution in [2.45, 2.75) is 44.0 Å². The molecule has 2 fully saturated rings. The molecule has 0 radical (unpaired) electrons. The van der Waals surface area contributed by atoms with Gasteiger partial charge in [0.05, 0.1) is 22.7 Å². The molecule has 0 aliphatic carbocycles. The molecule has 0 bridgehead atoms. The van der Waals surface area contributed by atoms with Crippen LogP contribution in [0.25, 0.3) is 0 Å². The minimum atomic E-state index is -0.359. The van der Waals surface area contributed by atoms with Crippen LogP contribution in [0, 0.1) is 0 Å². The van der Waals surface area contributed by atoms with Crippen LogP contribution in [0.15, 0.2) is 18.2 Å². The lowest BCUT2D eigenvalue weighted by atomic mass is 10.1. The Morgan fingerprint density at radius 3 is 2.83 bits per heavy atom. The summed E-state index contributed by atoms with van der Waals surface area (Å²) in [6.07, 6.45) is 3.01. The van der Waals surface area contributed by atoms with Crippen LogP contribution in [0.3, 0.4) is 0 Å². The highest BCUT2D eigenvalue weighted by atomic mass is 35.5. The largest absolute Gasteiger partial charge is 0.489 e. The lowest BCUT2D eigenvalue weighted by Crippen LogP contribution is -2.48. The average Bonchev–Trinajstić information content (AvgIpc) is 3.07. The molecule has 3 rings (SSSR count). The Labute approximate surface area is 152 Å². The van der Waals surface area contributed by atoms with Crippen LogP contribution in [0.2, 0.25) is 10.0 Å². The highest BCUT2D eigenvalue weighted by Gasteiger charge is 2.35. The Hall–Kier alpha value is -1.01. The average molecular weight is 373 g/mol. The van der Waals surface area contributed by atoms with E-state index >= 15 is 0 Å². The summed E-state index contributed by atoms with van der Waals surface area (Å²) in [5, 5.41) is 0.961. The number of halogens is 2. The normalized spacial score (nSPS) is 27.3. The first-order valence-corrected chi connectivity index (χ1v) is 9.08. The zero-order valence-corrected chi connectivity index (χ0v) is 14.9. The summed E-state index contributed by atoms with van der Waals surface area (Å²) in [7, 11) is 0. The number of piperidine rings is 1. The summed E-state index contributed by atoms with van der Waals surface area (Å²) in [4.78, 5) is 14.5. The number of nitrogens with zero attached hydrogens (tertiary/aromatic N) is 1. The number of ether oxygens (including phenoxy) is 2. The standard InChI is InChI=1S/C17H22Cl2N2O3/c18-14-5-3-11(8-15(14)19)23-13-2-1-7-21(10-13)17(22)16-6-4-12(9-20)24-16/h3,5,8,12-13,16H,1-2,4,6-7,9-10,20H2/t12-,13?,16+/m1/s1. The lowest BCUT2D eigenvalue weighted by molar-refractivity contribution is -0.145. The van der Waals surface area contributed by atoms with Crippen molar-refractivity contribution in [2.24, 2.45) is 5.73 Å². The number of benzene rings is 1. The minimum Gasteiger partial charge on any atom is -0.489 e. The van der Waals surface area contributed by atoms with Gasteiger partial charge in [0.2, 0.25) is 0 Å². The summed E-state index contributed by atoms with van der Waals surface area (Å²) < 4.78 is 11.7. The Morgan fingerprint density at radius 2 is 2.12 bits per heavy atom. The number of nitrogens with two attached hydrogens (primary N) is 1. The molecular weight excluding hydrogens is 351 g/mol. The molecule has 1 aromatic rings. The molecule has 5 nitrogen and oxygen atoms in total. The van der Waals surface area contributed by atoms with Gasteiger partial charge in [-0.15, -0.1) is 0 Å². The maximum absolute atomic E-state index is 12.6. The van der Waals surface area contributed by atoms with E-state index in [1.807, 2.05) is 4.90 Å². The van der Waals surface area contributed by atoms with E-state index in [4.69, 9.17) is 38.4 Å². The second-order valence-corrected chi connectivity index (χ2v) is 7.12. The van der Waals surface area contributed by atoms with Crippen LogP contribution in [0.4, 0.5) is 0 Å². The smallest absolute Gasteiger partial charge is 0.251 e. The number of carbonyl (C=O) groups excluding carboxylic acids is 1. The van der Waals surface area contributed by atoms with E-state index in [-0.39, 0.29) is 24.2 Å². The van der Waals surface area contributed by atoms with E-state index in [9.17, 15) is 4.79 Å². The molecule has 2 aliphatic heterocycles. The summed E-state index contributed by atoms with van der Waals surface area (Å²) in [6, 6.07) is 5.21. The summed E-state index contributed by atoms with van der Waals surface area (Å²) in [6.45, 7) is 1.77. The van der Waals surface area contributed by atoms with E-state index in [1.54, 1.807) is 18.2 Å². The van der Waals surface area contributed by atoms with Crippen molar-refractivity contribution < 1.29 is 14.3 Å². The Balaban J connectivity index is 1.57. The third-order valence-corrected chi connectivity index (χ3v) is 5.27. The fourth-order valence-corrected chi connectivity index (χ4v) is 3.53. The second kappa shape index (κ2) is 7.91. The van der Waals surface area contributed by atoms with Crippen LogP contribution in [-0.4, -0.2) is 48.8 Å². The molecular formula is C17H22Cl2N2O3. The quantitative estimate of drug-likeness (QED) is 0.882. The summed E-state index contributed by atoms with van der Waals surface area (Å²) in [5.41, 5.74) is 5.62. The Morgan fingerprint density at radius 1 is 1.29 bits per heavy atom. The molecule has 2 saturated heterocycles. The maximum atomic E-state index is 12.6. The molecule has 2 heterocycles. The van der Waals surface area contributed by atoms with Gasteiger partial charge in [-0.3, -0.25) is 4.79 Å². The number of rotatable bonds is 4. The van der Waals surface area contributed by atoms with E-state index in [0.717, 1.165) is 32.2 Å². The zero-order valence-electron chi connectivity index (χ0n) is 13.4. The van der Waals surface area contributed by atoms with E-state index in [1.165, 1.54) is 0 Å². The first kappa shape index (κ1) is 17.8. The predicted octanol–water partition coefficient (Wildman–Crippen LogP) is 2.87. The fourth-order valence-electron chi connectivity index (χ4n) is 3.24. The van der Waals surface area contributed by atoms with Crippen molar-refractivity contribution >= 4 is 29.1 Å². The molecule has 0 aromatic heterocycles. The van der Waals surface area contributed by atoms with Gasteiger partial charge >= 0.3 is 0 Å². The van der Waals surface area contributed by atoms with E-state index < -0.39 is 0 Å². The number of amides is 1. The van der Waals surface area contributed by atoms with Crippen molar-refractivity contribution in [3.63, 3.8) is 0 Å². The van der Waals surface area contributed by atoms with Gasteiger partial charge in [-0.25, -0.2) is 0 Å². The van der Waals surface area contributed by atoms with Crippen molar-refractivity contribution in [1.82, 2.24) is 4.90 Å². The predicted molar refractivity (Wildman–Crippen MR) is 93.6 cm³/mol. The molecule has 1 aromatic carbocycles. The number of hydrogen-bond acceptors (Lipinski definition) is 4. The van der Waals surface area contributed by atoms with E-state index in [0.29, 0.717) is 28.9 Å². The number of carbonyl (C=O) groups is 1. The van der Waals surface area contributed by atoms with Crippen LogP contribution in [0.5, 0.6) is 5.75 Å². The molecule has 3 atom stereocenters. The van der Waals surface area contributed by atoms with Crippen LogP contribution >= 0.6 is 23.2 Å². The third kappa shape index (κ3) is 4.14. The first-order chi connectivity index (χ1) is 11.6. The van der Waals surface area contributed by atoms with Gasteiger partial charge in [0, 0.05) is 19.2 Å². The van der Waals surface area contributed by atoms with Gasteiger partial charge < -0.3 is 20.1 Å². The third-order valence-electron chi connectivity index (χ3n) is 4.53. The van der Waals surface area contributed by atoms with Crippen molar-refractivity contribution in [1.29, 1.82) is 0 Å². The highest BCUT2D eigenvalue weighted by Crippen LogP contribution is 2.28. The molecule has 2 aliphatic rings. The summed E-state index contributed by atoms with van der Waals surface area (Å²) in [5.74, 6) is 0.720. The topological polar surface area (TPSA) is 64.8 Å². The second-order valence-electron chi connectivity index (χ2n) is 6.30. The number of hydrogen-bond donors (Lipinski definition) is 1. The van der Waals surface area contributed by atoms with Gasteiger partial charge in [0.25, 0.3) is 5.91 Å². The van der Waals surface area contributed by atoms with Crippen molar-refractivity contribution in [3.05, 3.63) is 28.2 Å². The first-order valence-electron chi connectivity index (χ1n) is 8.33. The number of likely N-dealkylation sites (tertiary alicyclic amines) is 1. The Bertz CT molecular complexity index is 599. The van der Waals surface area contributed by atoms with Gasteiger partial charge in [-0.05, 0) is 37.8 Å². The molecule has 132 valence electrons. The van der Waals surface area contributed by atoms with Crippen LogP contribution < -0.4 is 10.5 Å². The highest BCUT2D eigenvalue weighted by molar-refractivity contribution is 6.42. The van der Waals surface area contributed by atoms with Gasteiger partial charge in [-0.1, -0.05) is 23.2 Å². The zero-order chi connectivity index (χ0) is 17.1. The molecule has 1 amide bonds. The SMILES string of the molecule is NC[C@H]1CC[C@@H](C(=O)N2CCCC(Oc3ccc(Cl)c(Cl)c3)C2)O1. The van der Waals surface area contributed by atoms with Gasteiger partial charge in [0.1, 0.15) is 18.0 Å². The van der Waals surface area contributed by atoms with Crippen molar-refractivity contribution in [3.8, 4) is 5.75 Å². The van der Waals surface area contributed by atoms with Crippen molar-refractivity contribution in [2.75, 3.05) is 19.6 Å². The maximum Gasteiger partial charge on any atom is 0.251 e. The molecule has 24 heavy (non-hydrogen) atoms. The molecule has 0 spiro atoms. The molecule has 1 unspecified atom stereocenters.